The lowest BCUT2D eigenvalue weighted by Gasteiger charge is -2.13. The van der Waals surface area contributed by atoms with Crippen LogP contribution in [0.15, 0.2) is 48.7 Å². The fourth-order valence-corrected chi connectivity index (χ4v) is 3.83. The van der Waals surface area contributed by atoms with Gasteiger partial charge in [0, 0.05) is 24.3 Å². The summed E-state index contributed by atoms with van der Waals surface area (Å²) in [6, 6.07) is 11.5. The number of benzene rings is 2. The number of nitrogens with one attached hydrogen (secondary N) is 1. The van der Waals surface area contributed by atoms with E-state index in [9.17, 15) is 4.79 Å². The molecule has 0 spiro atoms. The minimum absolute atomic E-state index is 0.141. The Labute approximate surface area is 193 Å². The summed E-state index contributed by atoms with van der Waals surface area (Å²) in [6.07, 6.45) is 5.58. The van der Waals surface area contributed by atoms with Gasteiger partial charge in [0.1, 0.15) is 11.9 Å². The molecule has 1 aliphatic rings. The van der Waals surface area contributed by atoms with Gasteiger partial charge >= 0.3 is 0 Å². The van der Waals surface area contributed by atoms with Gasteiger partial charge in [-0.25, -0.2) is 4.98 Å². The highest BCUT2D eigenvalue weighted by Crippen LogP contribution is 2.38. The highest BCUT2D eigenvalue weighted by molar-refractivity contribution is 5.91. The highest BCUT2D eigenvalue weighted by atomic mass is 16.5. The van der Waals surface area contributed by atoms with Crippen LogP contribution in [0.1, 0.15) is 22.5 Å². The van der Waals surface area contributed by atoms with Crippen molar-refractivity contribution < 1.29 is 19.0 Å². The Kier molecular flexibility index (Phi) is 6.58. The van der Waals surface area contributed by atoms with E-state index in [1.54, 1.807) is 32.6 Å². The number of carbonyl (C=O) groups is 1. The Balaban J connectivity index is 1.39. The predicted molar refractivity (Wildman–Crippen MR) is 127 cm³/mol. The average Bonchev–Trinajstić information content (AvgIpc) is 3.26. The molecular weight excluding hydrogens is 418 g/mol. The molecule has 1 atom stereocenters. The lowest BCUT2D eigenvalue weighted by atomic mass is 10.0. The van der Waals surface area contributed by atoms with Crippen molar-refractivity contribution in [2.75, 3.05) is 20.8 Å². The second kappa shape index (κ2) is 9.73. The van der Waals surface area contributed by atoms with Gasteiger partial charge in [-0.05, 0) is 49.2 Å². The van der Waals surface area contributed by atoms with Crippen LogP contribution in [0, 0.1) is 13.8 Å². The van der Waals surface area contributed by atoms with E-state index in [-0.39, 0.29) is 12.0 Å². The van der Waals surface area contributed by atoms with Crippen molar-refractivity contribution in [2.24, 2.45) is 0 Å². The van der Waals surface area contributed by atoms with Gasteiger partial charge in [-0.3, -0.25) is 9.78 Å². The highest BCUT2D eigenvalue weighted by Gasteiger charge is 2.27. The molecule has 3 aromatic rings. The van der Waals surface area contributed by atoms with Gasteiger partial charge in [0.15, 0.2) is 11.5 Å². The van der Waals surface area contributed by atoms with E-state index in [1.165, 1.54) is 6.08 Å². The third-order valence-electron chi connectivity index (χ3n) is 5.50. The van der Waals surface area contributed by atoms with Crippen LogP contribution >= 0.6 is 0 Å². The first kappa shape index (κ1) is 22.3. The molecule has 1 unspecified atom stereocenters. The Morgan fingerprint density at radius 2 is 2.00 bits per heavy atom. The van der Waals surface area contributed by atoms with Gasteiger partial charge in [0.05, 0.1) is 37.8 Å². The zero-order valence-corrected chi connectivity index (χ0v) is 19.2. The van der Waals surface area contributed by atoms with Crippen LogP contribution in [0.25, 0.3) is 17.3 Å². The summed E-state index contributed by atoms with van der Waals surface area (Å²) in [5, 5.41) is 2.93. The number of methoxy groups -OCH3 is 2. The van der Waals surface area contributed by atoms with Gasteiger partial charge in [0.2, 0.25) is 5.91 Å². The van der Waals surface area contributed by atoms with Crippen molar-refractivity contribution >= 4 is 12.0 Å². The maximum atomic E-state index is 12.4. The number of aromatic nitrogens is 2. The van der Waals surface area contributed by atoms with Gasteiger partial charge in [-0.15, -0.1) is 0 Å². The van der Waals surface area contributed by atoms with E-state index in [0.717, 1.165) is 45.9 Å². The van der Waals surface area contributed by atoms with Crippen LogP contribution in [-0.4, -0.2) is 42.7 Å². The average molecular weight is 446 g/mol. The minimum atomic E-state index is -0.190. The third kappa shape index (κ3) is 4.98. The molecule has 1 aliphatic heterocycles. The Morgan fingerprint density at radius 3 is 2.79 bits per heavy atom. The molecule has 7 heteroatoms. The molecule has 0 saturated heterocycles. The SMILES string of the molecule is COc1ccc(C=CC(=O)NCC2Cc3cccc(-c4nc(C)cnc4C)c3O2)cc1OC. The maximum Gasteiger partial charge on any atom is 0.244 e. The van der Waals surface area contributed by atoms with Crippen LogP contribution in [0.5, 0.6) is 17.2 Å². The number of rotatable bonds is 7. The molecule has 1 N–H and O–H groups in total. The summed E-state index contributed by atoms with van der Waals surface area (Å²) < 4.78 is 16.8. The van der Waals surface area contributed by atoms with Crippen molar-refractivity contribution in [2.45, 2.75) is 26.4 Å². The van der Waals surface area contributed by atoms with E-state index >= 15 is 0 Å². The summed E-state index contributed by atoms with van der Waals surface area (Å²) in [7, 11) is 3.17. The number of amides is 1. The molecule has 33 heavy (non-hydrogen) atoms. The van der Waals surface area contributed by atoms with Gasteiger partial charge < -0.3 is 19.5 Å². The molecule has 1 aromatic heterocycles. The maximum absolute atomic E-state index is 12.4. The normalized spacial score (nSPS) is 14.6. The van der Waals surface area contributed by atoms with Crippen LogP contribution in [0.2, 0.25) is 0 Å². The summed E-state index contributed by atoms with van der Waals surface area (Å²) in [5.41, 5.74) is 5.42. The zero-order chi connectivity index (χ0) is 23.4. The van der Waals surface area contributed by atoms with Crippen molar-refractivity contribution in [1.29, 1.82) is 0 Å². The van der Waals surface area contributed by atoms with Crippen LogP contribution < -0.4 is 19.5 Å². The first-order valence-corrected chi connectivity index (χ1v) is 10.8. The largest absolute Gasteiger partial charge is 0.493 e. The van der Waals surface area contributed by atoms with Gasteiger partial charge in [-0.2, -0.15) is 0 Å². The molecule has 1 amide bonds. The number of hydrogen-bond donors (Lipinski definition) is 1. The second-order valence-electron chi connectivity index (χ2n) is 7.88. The number of fused-ring (bicyclic) bond motifs is 1. The smallest absolute Gasteiger partial charge is 0.244 e. The fourth-order valence-electron chi connectivity index (χ4n) is 3.83. The quantitative estimate of drug-likeness (QED) is 0.555. The summed E-state index contributed by atoms with van der Waals surface area (Å²) in [6.45, 7) is 4.27. The predicted octanol–water partition coefficient (Wildman–Crippen LogP) is 3.91. The number of ether oxygens (including phenoxy) is 3. The van der Waals surface area contributed by atoms with Crippen LogP contribution in [0.4, 0.5) is 0 Å². The molecule has 2 aromatic carbocycles. The number of aryl methyl sites for hydroxylation is 2. The number of nitrogens with zero attached hydrogens (tertiary/aromatic N) is 2. The lowest BCUT2D eigenvalue weighted by Crippen LogP contribution is -2.33. The van der Waals surface area contributed by atoms with Crippen LogP contribution in [-0.2, 0) is 11.2 Å². The lowest BCUT2D eigenvalue weighted by molar-refractivity contribution is -0.116. The van der Waals surface area contributed by atoms with E-state index in [4.69, 9.17) is 14.2 Å². The molecular formula is C26H27N3O4. The molecule has 0 bridgehead atoms. The molecule has 4 rings (SSSR count). The van der Waals surface area contributed by atoms with Crippen molar-refractivity contribution in [3.05, 3.63) is 71.2 Å². The molecule has 0 aliphatic carbocycles. The molecule has 170 valence electrons. The van der Waals surface area contributed by atoms with Gasteiger partial charge in [0.25, 0.3) is 0 Å². The summed E-state index contributed by atoms with van der Waals surface area (Å²) >= 11 is 0. The Bertz CT molecular complexity index is 1210. The molecule has 7 nitrogen and oxygen atoms in total. The topological polar surface area (TPSA) is 82.6 Å². The molecule has 0 saturated carbocycles. The monoisotopic (exact) mass is 445 g/mol. The third-order valence-corrected chi connectivity index (χ3v) is 5.50. The fraction of sp³-hybridized carbons (Fsp3) is 0.269. The molecule has 0 radical (unpaired) electrons. The standard InChI is InChI=1S/C26H27N3O4/c1-16-14-27-17(2)25(29-16)21-7-5-6-19-13-20(33-26(19)21)15-28-24(30)11-9-18-8-10-22(31-3)23(12-18)32-4/h5-12,14,20H,13,15H2,1-4H3,(H,28,30). The second-order valence-corrected chi connectivity index (χ2v) is 7.88. The Morgan fingerprint density at radius 1 is 1.18 bits per heavy atom. The van der Waals surface area contributed by atoms with Gasteiger partial charge in [-0.1, -0.05) is 18.2 Å². The van der Waals surface area contributed by atoms with Crippen molar-refractivity contribution in [3.63, 3.8) is 0 Å². The van der Waals surface area contributed by atoms with Crippen LogP contribution in [0.3, 0.4) is 0 Å². The van der Waals surface area contributed by atoms with E-state index in [0.29, 0.717) is 18.0 Å². The zero-order valence-electron chi connectivity index (χ0n) is 19.2. The first-order chi connectivity index (χ1) is 16.0. The van der Waals surface area contributed by atoms with Crippen molar-refractivity contribution in [3.8, 4) is 28.5 Å². The summed E-state index contributed by atoms with van der Waals surface area (Å²) in [5.74, 6) is 1.88. The van der Waals surface area contributed by atoms with Crippen molar-refractivity contribution in [1.82, 2.24) is 15.3 Å². The number of carbonyl (C=O) groups excluding carboxylic acids is 1. The minimum Gasteiger partial charge on any atom is -0.493 e. The first-order valence-electron chi connectivity index (χ1n) is 10.8. The molecule has 2 heterocycles. The van der Waals surface area contributed by atoms with E-state index < -0.39 is 0 Å². The molecule has 0 fully saturated rings. The Hall–Kier alpha value is -3.87. The van der Waals surface area contributed by atoms with E-state index in [1.807, 2.05) is 38.1 Å². The van der Waals surface area contributed by atoms with E-state index in [2.05, 4.69) is 21.4 Å². The number of para-hydroxylation sites is 1. The summed E-state index contributed by atoms with van der Waals surface area (Å²) in [4.78, 5) is 21.5. The number of hydrogen-bond acceptors (Lipinski definition) is 6.